The highest BCUT2D eigenvalue weighted by molar-refractivity contribution is 5.89. The van der Waals surface area contributed by atoms with Crippen LogP contribution in [0.4, 0.5) is 4.79 Å². The van der Waals surface area contributed by atoms with Gasteiger partial charge in [-0.15, -0.1) is 0 Å². The minimum absolute atomic E-state index is 0.185. The Labute approximate surface area is 213 Å². The summed E-state index contributed by atoms with van der Waals surface area (Å²) in [5.41, 5.74) is 7.40. The van der Waals surface area contributed by atoms with Gasteiger partial charge in [0.25, 0.3) is 0 Å². The fraction of sp³-hybridized carbons (Fsp3) is 0.500. The molecule has 6 unspecified atom stereocenters. The molecule has 0 radical (unpaired) electrons. The first-order valence-corrected chi connectivity index (χ1v) is 12.1. The molecule has 0 aromatic heterocycles. The zero-order valence-electron chi connectivity index (χ0n) is 22.0. The predicted molar refractivity (Wildman–Crippen MR) is 137 cm³/mol. The van der Waals surface area contributed by atoms with E-state index in [4.69, 9.17) is 24.7 Å². The van der Waals surface area contributed by atoms with Crippen molar-refractivity contribution in [1.29, 1.82) is 0 Å². The zero-order chi connectivity index (χ0) is 26.8. The van der Waals surface area contributed by atoms with Crippen LogP contribution in [0.2, 0.25) is 0 Å². The lowest BCUT2D eigenvalue weighted by molar-refractivity contribution is -0.130. The van der Waals surface area contributed by atoms with Crippen molar-refractivity contribution in [3.63, 3.8) is 0 Å². The number of ether oxygens (including phenoxy) is 4. The van der Waals surface area contributed by atoms with Gasteiger partial charge >= 0.3 is 12.1 Å². The van der Waals surface area contributed by atoms with Gasteiger partial charge in [0.05, 0.1) is 12.2 Å². The van der Waals surface area contributed by atoms with Crippen molar-refractivity contribution in [3.8, 4) is 5.75 Å². The molecule has 0 saturated heterocycles. The van der Waals surface area contributed by atoms with Gasteiger partial charge in [0.1, 0.15) is 11.9 Å². The molecule has 0 fully saturated rings. The van der Waals surface area contributed by atoms with Gasteiger partial charge in [-0.1, -0.05) is 50.3 Å². The van der Waals surface area contributed by atoms with E-state index in [-0.39, 0.29) is 11.8 Å². The maximum atomic E-state index is 12.6. The minimum Gasteiger partial charge on any atom is -0.439 e. The Bertz CT molecular complexity index is 984. The fourth-order valence-electron chi connectivity index (χ4n) is 4.35. The second kappa shape index (κ2) is 14.0. The van der Waals surface area contributed by atoms with Crippen LogP contribution in [-0.2, 0) is 25.4 Å². The topological polar surface area (TPSA) is 117 Å². The molecule has 1 heterocycles. The van der Waals surface area contributed by atoms with E-state index in [1.54, 1.807) is 45.3 Å². The first-order chi connectivity index (χ1) is 17.0. The number of allylic oxidation sites excluding steroid dienone is 2. The third-order valence-electron chi connectivity index (χ3n) is 6.31. The number of primary amides is 1. The molecule has 3 N–H and O–H groups in total. The van der Waals surface area contributed by atoms with E-state index in [2.05, 4.69) is 6.92 Å². The number of carbonyl (C=O) groups excluding carboxylic acids is 2. The lowest BCUT2D eigenvalue weighted by Gasteiger charge is -2.29. The molecular weight excluding hydrogens is 462 g/mol. The van der Waals surface area contributed by atoms with E-state index in [0.29, 0.717) is 23.3 Å². The molecule has 1 amide bonds. The Morgan fingerprint density at radius 1 is 1.17 bits per heavy atom. The van der Waals surface area contributed by atoms with Crippen molar-refractivity contribution in [2.75, 3.05) is 14.2 Å². The number of methoxy groups -OCH3 is 2. The van der Waals surface area contributed by atoms with Crippen LogP contribution in [0, 0.1) is 11.8 Å². The summed E-state index contributed by atoms with van der Waals surface area (Å²) in [6, 6.07) is 7.43. The van der Waals surface area contributed by atoms with E-state index in [1.165, 1.54) is 7.11 Å². The molecule has 2 bridgehead atoms. The molecule has 198 valence electrons. The molecule has 36 heavy (non-hydrogen) atoms. The van der Waals surface area contributed by atoms with Gasteiger partial charge in [-0.2, -0.15) is 0 Å². The molecule has 1 aliphatic rings. The third kappa shape index (κ3) is 8.62. The van der Waals surface area contributed by atoms with Crippen molar-refractivity contribution >= 4 is 12.1 Å². The van der Waals surface area contributed by atoms with Gasteiger partial charge in [-0.3, -0.25) is 0 Å². The number of fused-ring (bicyclic) bond motifs is 2. The summed E-state index contributed by atoms with van der Waals surface area (Å²) in [5.74, 6) is -0.138. The monoisotopic (exact) mass is 501 g/mol. The Balaban J connectivity index is 2.49. The normalized spacial score (nSPS) is 32.4. The van der Waals surface area contributed by atoms with E-state index in [1.807, 2.05) is 31.2 Å². The maximum absolute atomic E-state index is 12.6. The number of benzene rings is 1. The summed E-state index contributed by atoms with van der Waals surface area (Å²) in [5, 5.41) is 11.1. The van der Waals surface area contributed by atoms with E-state index >= 15 is 0 Å². The quantitative estimate of drug-likeness (QED) is 0.364. The van der Waals surface area contributed by atoms with Crippen molar-refractivity contribution in [2.24, 2.45) is 17.6 Å². The Hall–Kier alpha value is -2.94. The molecule has 0 spiro atoms. The molecular formula is C28H39NO7. The Morgan fingerprint density at radius 2 is 1.89 bits per heavy atom. The van der Waals surface area contributed by atoms with E-state index in [0.717, 1.165) is 12.0 Å². The summed E-state index contributed by atoms with van der Waals surface area (Å²) < 4.78 is 22.1. The molecule has 0 aliphatic carbocycles. The first kappa shape index (κ1) is 29.3. The third-order valence-corrected chi connectivity index (χ3v) is 6.31. The van der Waals surface area contributed by atoms with Crippen LogP contribution in [-0.4, -0.2) is 55.8 Å². The standard InChI is InChI=1S/C28H39NO7/c1-17-13-21-10-8-11-22(16-21)35-27(31)18(2)9-7-12-23(33-5)26(36-28(29)32)20(4)15-19(3)25(30)24(14-17)34-6/h7-12,15-17,19,23-26,30H,13-14H2,1-6H3,(H2,29,32)/b12-7-,18-9+,20-15+. The molecule has 2 rings (SSSR count). The number of carbonyl (C=O) groups is 2. The van der Waals surface area contributed by atoms with Crippen LogP contribution >= 0.6 is 0 Å². The SMILES string of the molecule is COC1/C=C\C=C(/C)C(=O)Oc2cccc(c2)CC(C)CC(OC)C(O)C(C)/C=C(\C)C1OC(N)=O. The zero-order valence-corrected chi connectivity index (χ0v) is 22.0. The van der Waals surface area contributed by atoms with Gasteiger partial charge in [0, 0.05) is 25.7 Å². The molecule has 8 nitrogen and oxygen atoms in total. The van der Waals surface area contributed by atoms with Crippen LogP contribution in [0.5, 0.6) is 5.75 Å². The van der Waals surface area contributed by atoms with Crippen molar-refractivity contribution < 1.29 is 33.6 Å². The first-order valence-electron chi connectivity index (χ1n) is 12.1. The lowest BCUT2D eigenvalue weighted by Crippen LogP contribution is -2.37. The van der Waals surface area contributed by atoms with Crippen molar-refractivity contribution in [2.45, 2.75) is 65.0 Å². The molecule has 0 saturated carbocycles. The van der Waals surface area contributed by atoms with Crippen LogP contribution < -0.4 is 10.5 Å². The highest BCUT2D eigenvalue weighted by Crippen LogP contribution is 2.25. The molecule has 1 aromatic rings. The second-order valence-electron chi connectivity index (χ2n) is 9.41. The predicted octanol–water partition coefficient (Wildman–Crippen LogP) is 4.11. The average Bonchev–Trinajstić information content (AvgIpc) is 2.82. The van der Waals surface area contributed by atoms with E-state index in [9.17, 15) is 14.7 Å². The number of esters is 1. The smallest absolute Gasteiger partial charge is 0.405 e. The molecule has 1 aromatic carbocycles. The summed E-state index contributed by atoms with van der Waals surface area (Å²) >= 11 is 0. The highest BCUT2D eigenvalue weighted by Gasteiger charge is 2.29. The molecule has 1 aliphatic heterocycles. The number of hydrogen-bond donors (Lipinski definition) is 2. The maximum Gasteiger partial charge on any atom is 0.405 e. The number of rotatable bonds is 3. The van der Waals surface area contributed by atoms with Crippen molar-refractivity contribution in [1.82, 2.24) is 0 Å². The van der Waals surface area contributed by atoms with Crippen LogP contribution in [0.3, 0.4) is 0 Å². The summed E-state index contributed by atoms with van der Waals surface area (Å²) in [6.45, 7) is 7.41. The number of nitrogens with two attached hydrogens (primary N) is 1. The van der Waals surface area contributed by atoms with E-state index < -0.39 is 36.5 Å². The van der Waals surface area contributed by atoms with Gasteiger partial charge < -0.3 is 29.8 Å². The summed E-state index contributed by atoms with van der Waals surface area (Å²) in [4.78, 5) is 24.2. The second-order valence-corrected chi connectivity index (χ2v) is 9.41. The molecule has 6 atom stereocenters. The van der Waals surface area contributed by atoms with Gasteiger partial charge in [-0.25, -0.2) is 9.59 Å². The van der Waals surface area contributed by atoms with Crippen LogP contribution in [0.15, 0.2) is 59.7 Å². The Morgan fingerprint density at radius 3 is 2.53 bits per heavy atom. The summed E-state index contributed by atoms with van der Waals surface area (Å²) in [7, 11) is 3.06. The average molecular weight is 502 g/mol. The Kier molecular flexibility index (Phi) is 11.4. The lowest BCUT2D eigenvalue weighted by atomic mass is 9.88. The van der Waals surface area contributed by atoms with Crippen molar-refractivity contribution in [3.05, 3.63) is 65.3 Å². The highest BCUT2D eigenvalue weighted by atomic mass is 16.6. The number of amides is 1. The van der Waals surface area contributed by atoms with Crippen LogP contribution in [0.1, 0.15) is 39.7 Å². The van der Waals surface area contributed by atoms with Crippen LogP contribution in [0.25, 0.3) is 0 Å². The molecule has 8 heteroatoms. The fourth-order valence-corrected chi connectivity index (χ4v) is 4.35. The largest absolute Gasteiger partial charge is 0.439 e. The van der Waals surface area contributed by atoms with Gasteiger partial charge in [0.15, 0.2) is 6.10 Å². The van der Waals surface area contributed by atoms with Gasteiger partial charge in [0.2, 0.25) is 0 Å². The number of aliphatic hydroxyl groups is 1. The van der Waals surface area contributed by atoms with Gasteiger partial charge in [-0.05, 0) is 55.9 Å². The number of hydrogen-bond acceptors (Lipinski definition) is 7. The number of aliphatic hydroxyl groups excluding tert-OH is 1. The minimum atomic E-state index is -0.949. The summed E-state index contributed by atoms with van der Waals surface area (Å²) in [6.07, 6.45) is 4.41.